The van der Waals surface area contributed by atoms with Gasteiger partial charge in [0.25, 0.3) is 0 Å². The molecular weight excluding hydrogens is 226 g/mol. The number of carbonyl (C=O) groups is 1. The Labute approximate surface area is 109 Å². The summed E-state index contributed by atoms with van der Waals surface area (Å²) in [5.74, 6) is 0.0814. The van der Waals surface area contributed by atoms with Gasteiger partial charge in [-0.05, 0) is 20.9 Å². The van der Waals surface area contributed by atoms with Gasteiger partial charge in [-0.2, -0.15) is 0 Å². The molecule has 0 aliphatic carbocycles. The minimum Gasteiger partial charge on any atom is -0.389 e. The maximum absolute atomic E-state index is 12.2. The van der Waals surface area contributed by atoms with Crippen molar-refractivity contribution in [3.05, 3.63) is 35.9 Å². The first kappa shape index (κ1) is 14.9. The van der Waals surface area contributed by atoms with Gasteiger partial charge in [-0.25, -0.2) is 0 Å². The highest BCUT2D eigenvalue weighted by Gasteiger charge is 2.20. The third kappa shape index (κ3) is 4.98. The molecule has 1 unspecified atom stereocenters. The molecule has 3 heteroatoms. The van der Waals surface area contributed by atoms with E-state index < -0.39 is 5.60 Å². The van der Waals surface area contributed by atoms with E-state index in [0.29, 0.717) is 13.1 Å². The topological polar surface area (TPSA) is 40.5 Å². The fourth-order valence-electron chi connectivity index (χ4n) is 2.16. The van der Waals surface area contributed by atoms with Crippen LogP contribution < -0.4 is 0 Å². The molecule has 0 spiro atoms. The van der Waals surface area contributed by atoms with Crippen LogP contribution in [0, 0.1) is 5.92 Å². The van der Waals surface area contributed by atoms with Crippen LogP contribution in [0.3, 0.4) is 0 Å². The molecule has 0 bridgehead atoms. The summed E-state index contributed by atoms with van der Waals surface area (Å²) < 4.78 is 0. The van der Waals surface area contributed by atoms with E-state index >= 15 is 0 Å². The van der Waals surface area contributed by atoms with Crippen molar-refractivity contribution in [3.8, 4) is 0 Å². The zero-order chi connectivity index (χ0) is 13.8. The van der Waals surface area contributed by atoms with Crippen LogP contribution in [0.25, 0.3) is 0 Å². The predicted molar refractivity (Wildman–Crippen MR) is 73.7 cm³/mol. The van der Waals surface area contributed by atoms with Crippen LogP contribution in [0.1, 0.15) is 31.1 Å². The summed E-state index contributed by atoms with van der Waals surface area (Å²) >= 11 is 0. The lowest BCUT2D eigenvalue weighted by molar-refractivity contribution is 0.0399. The molecule has 1 aromatic carbocycles. The van der Waals surface area contributed by atoms with Crippen molar-refractivity contribution in [2.45, 2.75) is 26.4 Å². The molecule has 100 valence electrons. The van der Waals surface area contributed by atoms with Crippen LogP contribution in [-0.4, -0.2) is 41.5 Å². The molecule has 0 amide bonds. The first-order valence-electron chi connectivity index (χ1n) is 6.30. The number of ketones is 1. The highest BCUT2D eigenvalue weighted by Crippen LogP contribution is 2.11. The fourth-order valence-corrected chi connectivity index (χ4v) is 2.16. The number of benzene rings is 1. The Morgan fingerprint density at radius 3 is 2.39 bits per heavy atom. The van der Waals surface area contributed by atoms with Gasteiger partial charge in [0.2, 0.25) is 0 Å². The number of Topliss-reactive ketones (excluding diaryl/α,β-unsaturated/α-hetero) is 1. The molecule has 1 aromatic rings. The highest BCUT2D eigenvalue weighted by molar-refractivity contribution is 5.97. The van der Waals surface area contributed by atoms with E-state index in [1.54, 1.807) is 13.8 Å². The Kier molecular flexibility index (Phi) is 5.05. The van der Waals surface area contributed by atoms with Gasteiger partial charge in [0.05, 0.1) is 5.60 Å². The summed E-state index contributed by atoms with van der Waals surface area (Å²) in [6.07, 6.45) is 0. The Balaban J connectivity index is 2.56. The molecule has 18 heavy (non-hydrogen) atoms. The summed E-state index contributed by atoms with van der Waals surface area (Å²) in [6, 6.07) is 9.34. The average Bonchev–Trinajstić information content (AvgIpc) is 2.26. The Morgan fingerprint density at radius 1 is 1.33 bits per heavy atom. The lowest BCUT2D eigenvalue weighted by atomic mass is 9.98. The van der Waals surface area contributed by atoms with Crippen molar-refractivity contribution in [2.75, 3.05) is 20.1 Å². The van der Waals surface area contributed by atoms with Gasteiger partial charge in [-0.15, -0.1) is 0 Å². The third-order valence-corrected chi connectivity index (χ3v) is 2.75. The Morgan fingerprint density at radius 2 is 1.89 bits per heavy atom. The van der Waals surface area contributed by atoms with Crippen LogP contribution in [0.4, 0.5) is 0 Å². The summed E-state index contributed by atoms with van der Waals surface area (Å²) in [5, 5.41) is 9.73. The lowest BCUT2D eigenvalue weighted by Crippen LogP contribution is -2.39. The number of hydrogen-bond acceptors (Lipinski definition) is 3. The predicted octanol–water partition coefficient (Wildman–Crippen LogP) is 2.21. The molecule has 1 N–H and O–H groups in total. The van der Waals surface area contributed by atoms with Gasteiger partial charge in [0.1, 0.15) is 0 Å². The molecule has 0 saturated heterocycles. The summed E-state index contributed by atoms with van der Waals surface area (Å²) in [4.78, 5) is 14.1. The molecule has 0 radical (unpaired) electrons. The van der Waals surface area contributed by atoms with E-state index in [9.17, 15) is 9.90 Å². The van der Waals surface area contributed by atoms with Crippen LogP contribution in [0.15, 0.2) is 30.3 Å². The molecular formula is C15H23NO2. The molecule has 3 nitrogen and oxygen atoms in total. The smallest absolute Gasteiger partial charge is 0.166 e. The highest BCUT2D eigenvalue weighted by atomic mass is 16.3. The van der Waals surface area contributed by atoms with E-state index in [-0.39, 0.29) is 11.7 Å². The molecule has 0 aliphatic heterocycles. The van der Waals surface area contributed by atoms with Gasteiger partial charge in [0.15, 0.2) is 5.78 Å². The normalized spacial score (nSPS) is 13.7. The molecule has 0 aromatic heterocycles. The maximum Gasteiger partial charge on any atom is 0.166 e. The minimum atomic E-state index is -0.732. The number of carbonyl (C=O) groups excluding carboxylic acids is 1. The summed E-state index contributed by atoms with van der Waals surface area (Å²) in [5.41, 5.74) is 0.0197. The van der Waals surface area contributed by atoms with E-state index in [4.69, 9.17) is 0 Å². The molecule has 0 heterocycles. The largest absolute Gasteiger partial charge is 0.389 e. The second kappa shape index (κ2) is 6.12. The number of rotatable bonds is 6. The van der Waals surface area contributed by atoms with E-state index in [0.717, 1.165) is 5.56 Å². The van der Waals surface area contributed by atoms with Gasteiger partial charge >= 0.3 is 0 Å². The van der Waals surface area contributed by atoms with Gasteiger partial charge in [0, 0.05) is 24.6 Å². The second-order valence-electron chi connectivity index (χ2n) is 5.64. The van der Waals surface area contributed by atoms with Crippen molar-refractivity contribution in [2.24, 2.45) is 5.92 Å². The van der Waals surface area contributed by atoms with Crippen molar-refractivity contribution in [1.82, 2.24) is 4.90 Å². The zero-order valence-corrected chi connectivity index (χ0v) is 11.7. The summed E-state index contributed by atoms with van der Waals surface area (Å²) in [7, 11) is 1.92. The maximum atomic E-state index is 12.2. The zero-order valence-electron chi connectivity index (χ0n) is 11.7. The first-order valence-corrected chi connectivity index (χ1v) is 6.30. The quantitative estimate of drug-likeness (QED) is 0.786. The average molecular weight is 249 g/mol. The van der Waals surface area contributed by atoms with Crippen LogP contribution in [0.5, 0.6) is 0 Å². The van der Waals surface area contributed by atoms with E-state index in [2.05, 4.69) is 0 Å². The van der Waals surface area contributed by atoms with Crippen LogP contribution >= 0.6 is 0 Å². The van der Waals surface area contributed by atoms with Gasteiger partial charge in [-0.1, -0.05) is 37.3 Å². The number of nitrogens with zero attached hydrogens (tertiary/aromatic N) is 1. The first-order chi connectivity index (χ1) is 8.29. The Bertz CT molecular complexity index is 381. The molecule has 0 saturated carbocycles. The van der Waals surface area contributed by atoms with Crippen LogP contribution in [0.2, 0.25) is 0 Å². The van der Waals surface area contributed by atoms with Crippen molar-refractivity contribution in [1.29, 1.82) is 0 Å². The summed E-state index contributed by atoms with van der Waals surface area (Å²) in [6.45, 7) is 6.67. The lowest BCUT2D eigenvalue weighted by Gasteiger charge is -2.27. The SMILES string of the molecule is CC(CN(C)CC(C)(C)O)C(=O)c1ccccc1. The number of hydrogen-bond donors (Lipinski definition) is 1. The number of likely N-dealkylation sites (N-methyl/N-ethyl adjacent to an activating group) is 1. The Hall–Kier alpha value is -1.19. The van der Waals surface area contributed by atoms with Crippen molar-refractivity contribution >= 4 is 5.78 Å². The third-order valence-electron chi connectivity index (χ3n) is 2.75. The standard InChI is InChI=1S/C15H23NO2/c1-12(10-16(4)11-15(2,3)18)14(17)13-8-6-5-7-9-13/h5-9,12,18H,10-11H2,1-4H3. The fraction of sp³-hybridized carbons (Fsp3) is 0.533. The van der Waals surface area contributed by atoms with Gasteiger partial charge in [-0.3, -0.25) is 4.79 Å². The van der Waals surface area contributed by atoms with Crippen molar-refractivity contribution in [3.63, 3.8) is 0 Å². The monoisotopic (exact) mass is 249 g/mol. The second-order valence-corrected chi connectivity index (χ2v) is 5.64. The molecule has 1 atom stereocenters. The molecule has 0 fully saturated rings. The van der Waals surface area contributed by atoms with Gasteiger partial charge < -0.3 is 10.0 Å². The van der Waals surface area contributed by atoms with E-state index in [1.165, 1.54) is 0 Å². The molecule has 0 aliphatic rings. The van der Waals surface area contributed by atoms with Crippen molar-refractivity contribution < 1.29 is 9.90 Å². The number of aliphatic hydroxyl groups is 1. The minimum absolute atomic E-state index is 0.0697. The van der Waals surface area contributed by atoms with Crippen LogP contribution in [-0.2, 0) is 0 Å². The molecule has 1 rings (SSSR count). The van der Waals surface area contributed by atoms with E-state index in [1.807, 2.05) is 49.2 Å².